The lowest BCUT2D eigenvalue weighted by Crippen LogP contribution is -2.38. The summed E-state index contributed by atoms with van der Waals surface area (Å²) < 4.78 is 7.55. The predicted molar refractivity (Wildman–Crippen MR) is 94.0 cm³/mol. The average Bonchev–Trinajstić information content (AvgIpc) is 2.95. The van der Waals surface area contributed by atoms with E-state index in [0.717, 1.165) is 43.5 Å². The molecule has 23 heavy (non-hydrogen) atoms. The molecule has 0 radical (unpaired) electrons. The third-order valence-electron chi connectivity index (χ3n) is 4.39. The lowest BCUT2D eigenvalue weighted by molar-refractivity contribution is 0.0815. The van der Waals surface area contributed by atoms with Crippen molar-refractivity contribution in [3.63, 3.8) is 0 Å². The van der Waals surface area contributed by atoms with E-state index in [1.807, 2.05) is 0 Å². The molecule has 0 aliphatic carbocycles. The van der Waals surface area contributed by atoms with Crippen LogP contribution in [0.25, 0.3) is 0 Å². The number of anilines is 1. The van der Waals surface area contributed by atoms with Gasteiger partial charge in [-0.05, 0) is 31.9 Å². The summed E-state index contributed by atoms with van der Waals surface area (Å²) in [5.74, 6) is 2.82. The molecule has 124 valence electrons. The van der Waals surface area contributed by atoms with Crippen molar-refractivity contribution in [2.75, 3.05) is 25.1 Å². The molecular formula is C17H24N4OS. The number of aryl methyl sites for hydroxylation is 1. The standard InChI is InChI=1S/C17H24N4OS/c1-13-4-6-15(7-5-13)23-12-16-18-19-17(20(16)2)21-10-8-14(22-3)9-11-21/h4-7,14H,8-12H2,1-3H3. The third kappa shape index (κ3) is 3.87. The molecule has 5 nitrogen and oxygen atoms in total. The summed E-state index contributed by atoms with van der Waals surface area (Å²) in [6.07, 6.45) is 2.49. The highest BCUT2D eigenvalue weighted by Crippen LogP contribution is 2.25. The van der Waals surface area contributed by atoms with Gasteiger partial charge in [0.25, 0.3) is 0 Å². The van der Waals surface area contributed by atoms with Crippen LogP contribution in [-0.4, -0.2) is 41.1 Å². The molecule has 1 aromatic heterocycles. The van der Waals surface area contributed by atoms with E-state index in [1.54, 1.807) is 18.9 Å². The van der Waals surface area contributed by atoms with E-state index >= 15 is 0 Å². The van der Waals surface area contributed by atoms with Gasteiger partial charge in [0.1, 0.15) is 5.82 Å². The number of hydrogen-bond donors (Lipinski definition) is 0. The van der Waals surface area contributed by atoms with Crippen LogP contribution in [0.15, 0.2) is 29.2 Å². The normalized spacial score (nSPS) is 16.0. The molecule has 0 N–H and O–H groups in total. The molecule has 0 amide bonds. The van der Waals surface area contributed by atoms with E-state index in [2.05, 4.69) is 57.9 Å². The van der Waals surface area contributed by atoms with E-state index in [1.165, 1.54) is 10.5 Å². The molecule has 1 fully saturated rings. The first kappa shape index (κ1) is 16.3. The Bertz CT molecular complexity index is 633. The van der Waals surface area contributed by atoms with Crippen molar-refractivity contribution < 1.29 is 4.74 Å². The number of rotatable bonds is 5. The number of piperidine rings is 1. The Labute approximate surface area is 142 Å². The van der Waals surface area contributed by atoms with E-state index in [-0.39, 0.29) is 0 Å². The molecule has 1 saturated heterocycles. The minimum Gasteiger partial charge on any atom is -0.381 e. The SMILES string of the molecule is COC1CCN(c2nnc(CSc3ccc(C)cc3)n2C)CC1. The Morgan fingerprint density at radius 1 is 1.17 bits per heavy atom. The number of aromatic nitrogens is 3. The molecule has 2 aromatic rings. The highest BCUT2D eigenvalue weighted by molar-refractivity contribution is 7.98. The number of thioether (sulfide) groups is 1. The van der Waals surface area contributed by atoms with Crippen molar-refractivity contribution >= 4 is 17.7 Å². The zero-order valence-corrected chi connectivity index (χ0v) is 14.8. The monoisotopic (exact) mass is 332 g/mol. The summed E-state index contributed by atoms with van der Waals surface area (Å²) in [4.78, 5) is 3.57. The molecule has 1 aliphatic rings. The lowest BCUT2D eigenvalue weighted by Gasteiger charge is -2.31. The van der Waals surface area contributed by atoms with Gasteiger partial charge in [-0.3, -0.25) is 4.57 Å². The molecule has 0 bridgehead atoms. The largest absolute Gasteiger partial charge is 0.381 e. The minimum absolute atomic E-state index is 0.385. The zero-order chi connectivity index (χ0) is 16.2. The number of hydrogen-bond acceptors (Lipinski definition) is 5. The predicted octanol–water partition coefficient (Wildman–Crippen LogP) is 3.03. The molecule has 1 aliphatic heterocycles. The minimum atomic E-state index is 0.385. The summed E-state index contributed by atoms with van der Waals surface area (Å²) in [6, 6.07) is 8.61. The quantitative estimate of drug-likeness (QED) is 0.788. The first-order chi connectivity index (χ1) is 11.2. The smallest absolute Gasteiger partial charge is 0.226 e. The molecular weight excluding hydrogens is 308 g/mol. The molecule has 3 rings (SSSR count). The molecule has 2 heterocycles. The fourth-order valence-corrected chi connectivity index (χ4v) is 3.70. The van der Waals surface area contributed by atoms with Crippen molar-refractivity contribution in [1.82, 2.24) is 14.8 Å². The van der Waals surface area contributed by atoms with Gasteiger partial charge in [0.05, 0.1) is 11.9 Å². The van der Waals surface area contributed by atoms with Crippen LogP contribution in [0.3, 0.4) is 0 Å². The van der Waals surface area contributed by atoms with Crippen LogP contribution < -0.4 is 4.90 Å². The van der Waals surface area contributed by atoms with Gasteiger partial charge >= 0.3 is 0 Å². The summed E-state index contributed by atoms with van der Waals surface area (Å²) in [6.45, 7) is 4.07. The molecule has 0 saturated carbocycles. The van der Waals surface area contributed by atoms with Crippen LogP contribution >= 0.6 is 11.8 Å². The number of methoxy groups -OCH3 is 1. The second kappa shape index (κ2) is 7.36. The van der Waals surface area contributed by atoms with Gasteiger partial charge in [0, 0.05) is 32.1 Å². The summed E-state index contributed by atoms with van der Waals surface area (Å²) in [7, 11) is 3.85. The highest BCUT2D eigenvalue weighted by atomic mass is 32.2. The fraction of sp³-hybridized carbons (Fsp3) is 0.529. The Balaban J connectivity index is 1.62. The van der Waals surface area contributed by atoms with Gasteiger partial charge in [-0.25, -0.2) is 0 Å². The summed E-state index contributed by atoms with van der Waals surface area (Å²) in [5.41, 5.74) is 1.29. The van der Waals surface area contributed by atoms with Gasteiger partial charge in [0.15, 0.2) is 0 Å². The fourth-order valence-electron chi connectivity index (χ4n) is 2.83. The van der Waals surface area contributed by atoms with Crippen molar-refractivity contribution in [2.45, 2.75) is 36.5 Å². The third-order valence-corrected chi connectivity index (χ3v) is 5.40. The van der Waals surface area contributed by atoms with Gasteiger partial charge < -0.3 is 9.64 Å². The first-order valence-corrected chi connectivity index (χ1v) is 9.01. The highest BCUT2D eigenvalue weighted by Gasteiger charge is 2.22. The second-order valence-corrected chi connectivity index (χ2v) is 7.05. The topological polar surface area (TPSA) is 43.2 Å². The summed E-state index contributed by atoms with van der Waals surface area (Å²) in [5, 5.41) is 8.78. The Hall–Kier alpha value is -1.53. The second-order valence-electron chi connectivity index (χ2n) is 6.00. The van der Waals surface area contributed by atoms with Crippen LogP contribution in [0, 0.1) is 6.92 Å². The van der Waals surface area contributed by atoms with Crippen LogP contribution in [-0.2, 0) is 17.5 Å². The van der Waals surface area contributed by atoms with Crippen LogP contribution in [0.4, 0.5) is 5.95 Å². The molecule has 0 unspecified atom stereocenters. The van der Waals surface area contributed by atoms with E-state index in [4.69, 9.17) is 4.74 Å². The number of ether oxygens (including phenoxy) is 1. The van der Waals surface area contributed by atoms with Crippen LogP contribution in [0.5, 0.6) is 0 Å². The maximum atomic E-state index is 5.43. The number of benzene rings is 1. The number of nitrogens with zero attached hydrogens (tertiary/aromatic N) is 4. The van der Waals surface area contributed by atoms with Crippen molar-refractivity contribution in [3.05, 3.63) is 35.7 Å². The maximum absolute atomic E-state index is 5.43. The molecule has 0 spiro atoms. The average molecular weight is 332 g/mol. The van der Waals surface area contributed by atoms with Crippen molar-refractivity contribution in [2.24, 2.45) is 7.05 Å². The van der Waals surface area contributed by atoms with Gasteiger partial charge in [0.2, 0.25) is 5.95 Å². The first-order valence-electron chi connectivity index (χ1n) is 8.03. The van der Waals surface area contributed by atoms with E-state index < -0.39 is 0 Å². The molecule has 1 aromatic carbocycles. The van der Waals surface area contributed by atoms with Crippen LogP contribution in [0.1, 0.15) is 24.2 Å². The van der Waals surface area contributed by atoms with Crippen LogP contribution in [0.2, 0.25) is 0 Å². The zero-order valence-electron chi connectivity index (χ0n) is 14.0. The van der Waals surface area contributed by atoms with E-state index in [9.17, 15) is 0 Å². The Kier molecular flexibility index (Phi) is 5.23. The van der Waals surface area contributed by atoms with Gasteiger partial charge in [-0.15, -0.1) is 22.0 Å². The van der Waals surface area contributed by atoms with Crippen molar-refractivity contribution in [3.8, 4) is 0 Å². The summed E-state index contributed by atoms with van der Waals surface area (Å²) >= 11 is 1.80. The Morgan fingerprint density at radius 3 is 2.52 bits per heavy atom. The maximum Gasteiger partial charge on any atom is 0.226 e. The van der Waals surface area contributed by atoms with Crippen molar-refractivity contribution in [1.29, 1.82) is 0 Å². The van der Waals surface area contributed by atoms with Gasteiger partial charge in [-0.2, -0.15) is 0 Å². The Morgan fingerprint density at radius 2 is 1.87 bits per heavy atom. The molecule has 6 heteroatoms. The van der Waals surface area contributed by atoms with Gasteiger partial charge in [-0.1, -0.05) is 17.7 Å². The lowest BCUT2D eigenvalue weighted by atomic mass is 10.1. The van der Waals surface area contributed by atoms with E-state index in [0.29, 0.717) is 6.10 Å². The molecule has 0 atom stereocenters.